The van der Waals surface area contributed by atoms with Gasteiger partial charge in [0.05, 0.1) is 0 Å². The Morgan fingerprint density at radius 2 is 2.00 bits per heavy atom. The summed E-state index contributed by atoms with van der Waals surface area (Å²) >= 11 is 3.21. The maximum atomic E-state index is 11.3. The molecule has 1 aromatic rings. The second kappa shape index (κ2) is 4.79. The van der Waals surface area contributed by atoms with E-state index < -0.39 is 13.7 Å². The van der Waals surface area contributed by atoms with Crippen LogP contribution in [0, 0.1) is 0 Å². The topological polar surface area (TPSA) is 75.6 Å². The van der Waals surface area contributed by atoms with E-state index in [4.69, 9.17) is 4.52 Å². The smallest absolute Gasteiger partial charge is 0.409 e. The van der Waals surface area contributed by atoms with Gasteiger partial charge in [-0.3, -0.25) is 14.8 Å². The summed E-state index contributed by atoms with van der Waals surface area (Å²) in [6, 6.07) is 6.33. The minimum absolute atomic E-state index is 0.206. The molecule has 1 amide bonds. The van der Waals surface area contributed by atoms with Crippen LogP contribution in [0.25, 0.3) is 0 Å². The Hall–Kier alpha value is -0.840. The summed E-state index contributed by atoms with van der Waals surface area (Å²) in [4.78, 5) is 19.8. The SMILES string of the molecule is CC(=O)NP(=O)(O)Oc1ccc(Br)cc1. The molecular formula is C8H9BrNO4P. The van der Waals surface area contributed by atoms with Crippen molar-refractivity contribution in [1.29, 1.82) is 0 Å². The Morgan fingerprint density at radius 1 is 1.47 bits per heavy atom. The van der Waals surface area contributed by atoms with Crippen molar-refractivity contribution >= 4 is 29.6 Å². The average Bonchev–Trinajstić information content (AvgIpc) is 2.06. The van der Waals surface area contributed by atoms with Crippen LogP contribution < -0.4 is 9.61 Å². The van der Waals surface area contributed by atoms with Gasteiger partial charge in [-0.1, -0.05) is 15.9 Å². The molecule has 15 heavy (non-hydrogen) atoms. The molecule has 82 valence electrons. The number of carbonyl (C=O) groups excluding carboxylic acids is 1. The van der Waals surface area contributed by atoms with Crippen molar-refractivity contribution in [3.63, 3.8) is 0 Å². The molecule has 1 aromatic carbocycles. The third-order valence-electron chi connectivity index (χ3n) is 1.34. The molecule has 5 nitrogen and oxygen atoms in total. The second-order valence-electron chi connectivity index (χ2n) is 2.73. The number of halogens is 1. The normalized spacial score (nSPS) is 14.1. The van der Waals surface area contributed by atoms with Crippen molar-refractivity contribution in [2.24, 2.45) is 0 Å². The summed E-state index contributed by atoms with van der Waals surface area (Å²) in [5.74, 6) is -0.421. The Labute approximate surface area is 95.2 Å². The van der Waals surface area contributed by atoms with Crippen LogP contribution in [-0.2, 0) is 9.36 Å². The number of hydrogen-bond donors (Lipinski definition) is 2. The molecular weight excluding hydrogens is 285 g/mol. The second-order valence-corrected chi connectivity index (χ2v) is 5.10. The van der Waals surface area contributed by atoms with Crippen LogP contribution in [0.15, 0.2) is 28.7 Å². The Kier molecular flexibility index (Phi) is 3.90. The quantitative estimate of drug-likeness (QED) is 0.837. The van der Waals surface area contributed by atoms with Crippen LogP contribution in [0.3, 0.4) is 0 Å². The molecule has 0 heterocycles. The van der Waals surface area contributed by atoms with E-state index in [1.807, 2.05) is 5.09 Å². The van der Waals surface area contributed by atoms with Gasteiger partial charge in [0.25, 0.3) is 0 Å². The number of hydrogen-bond acceptors (Lipinski definition) is 3. The molecule has 0 aromatic heterocycles. The van der Waals surface area contributed by atoms with Crippen molar-refractivity contribution in [2.75, 3.05) is 0 Å². The van der Waals surface area contributed by atoms with Crippen molar-refractivity contribution in [3.8, 4) is 5.75 Å². The van der Waals surface area contributed by atoms with Gasteiger partial charge < -0.3 is 4.52 Å². The summed E-state index contributed by atoms with van der Waals surface area (Å²) < 4.78 is 16.8. The van der Waals surface area contributed by atoms with E-state index in [9.17, 15) is 14.3 Å². The van der Waals surface area contributed by atoms with E-state index in [1.54, 1.807) is 12.1 Å². The standard InChI is InChI=1S/C8H9BrNO4P/c1-6(11)10-15(12,13)14-8-4-2-7(9)3-5-8/h2-5H,1H3,(H2,10,11,12,13). The molecule has 2 N–H and O–H groups in total. The summed E-state index contributed by atoms with van der Waals surface area (Å²) in [7, 11) is -4.10. The first-order valence-corrected chi connectivity index (χ1v) is 6.33. The van der Waals surface area contributed by atoms with Gasteiger partial charge in [0.15, 0.2) is 0 Å². The van der Waals surface area contributed by atoms with Gasteiger partial charge in [-0.05, 0) is 24.3 Å². The fraction of sp³-hybridized carbons (Fsp3) is 0.125. The van der Waals surface area contributed by atoms with Crippen LogP contribution in [0.4, 0.5) is 0 Å². The summed E-state index contributed by atoms with van der Waals surface area (Å²) in [5.41, 5.74) is 0. The van der Waals surface area contributed by atoms with Crippen molar-refractivity contribution in [2.45, 2.75) is 6.92 Å². The molecule has 0 fully saturated rings. The van der Waals surface area contributed by atoms with Gasteiger partial charge in [0.1, 0.15) is 5.75 Å². The number of nitrogens with one attached hydrogen (secondary N) is 1. The predicted molar refractivity (Wildman–Crippen MR) is 58.4 cm³/mol. The van der Waals surface area contributed by atoms with E-state index >= 15 is 0 Å². The molecule has 0 aliphatic carbocycles. The van der Waals surface area contributed by atoms with Gasteiger partial charge in [-0.25, -0.2) is 4.57 Å². The molecule has 1 rings (SSSR count). The fourth-order valence-electron chi connectivity index (χ4n) is 0.860. The minimum atomic E-state index is -4.10. The third-order valence-corrected chi connectivity index (χ3v) is 2.93. The molecule has 0 aliphatic heterocycles. The lowest BCUT2D eigenvalue weighted by Gasteiger charge is -2.12. The highest BCUT2D eigenvalue weighted by Gasteiger charge is 2.22. The molecule has 1 unspecified atom stereocenters. The van der Waals surface area contributed by atoms with E-state index in [-0.39, 0.29) is 5.75 Å². The van der Waals surface area contributed by atoms with Crippen LogP contribution >= 0.6 is 23.7 Å². The molecule has 0 saturated heterocycles. The number of amides is 1. The highest BCUT2D eigenvalue weighted by Crippen LogP contribution is 2.38. The van der Waals surface area contributed by atoms with Crippen molar-refractivity contribution in [1.82, 2.24) is 5.09 Å². The van der Waals surface area contributed by atoms with E-state index in [2.05, 4.69) is 15.9 Å². The van der Waals surface area contributed by atoms with Crippen LogP contribution in [-0.4, -0.2) is 10.8 Å². The number of benzene rings is 1. The fourth-order valence-corrected chi connectivity index (χ4v) is 1.98. The molecule has 0 radical (unpaired) electrons. The lowest BCUT2D eigenvalue weighted by atomic mass is 10.3. The highest BCUT2D eigenvalue weighted by atomic mass is 79.9. The van der Waals surface area contributed by atoms with Crippen LogP contribution in [0.5, 0.6) is 5.75 Å². The van der Waals surface area contributed by atoms with E-state index in [0.717, 1.165) is 11.4 Å². The number of rotatable bonds is 3. The predicted octanol–water partition coefficient (Wildman–Crippen LogP) is 2.06. The Morgan fingerprint density at radius 3 is 2.47 bits per heavy atom. The molecule has 0 saturated carbocycles. The first-order valence-electron chi connectivity index (χ1n) is 3.96. The molecule has 0 aliphatic rings. The Balaban J connectivity index is 2.73. The highest BCUT2D eigenvalue weighted by molar-refractivity contribution is 9.10. The molecule has 0 spiro atoms. The zero-order valence-electron chi connectivity index (χ0n) is 7.81. The van der Waals surface area contributed by atoms with E-state index in [1.165, 1.54) is 12.1 Å². The molecule has 1 atom stereocenters. The summed E-state index contributed by atoms with van der Waals surface area (Å²) in [6.07, 6.45) is 0. The maximum Gasteiger partial charge on any atom is 0.486 e. The van der Waals surface area contributed by atoms with E-state index in [0.29, 0.717) is 0 Å². The average molecular weight is 294 g/mol. The maximum absolute atomic E-state index is 11.3. The van der Waals surface area contributed by atoms with Gasteiger partial charge >= 0.3 is 7.75 Å². The zero-order valence-corrected chi connectivity index (χ0v) is 10.3. The monoisotopic (exact) mass is 293 g/mol. The first-order chi connectivity index (χ1) is 6.89. The van der Waals surface area contributed by atoms with Crippen molar-refractivity contribution in [3.05, 3.63) is 28.7 Å². The van der Waals surface area contributed by atoms with Gasteiger partial charge in [-0.2, -0.15) is 0 Å². The zero-order chi connectivity index (χ0) is 11.5. The van der Waals surface area contributed by atoms with Gasteiger partial charge in [-0.15, -0.1) is 0 Å². The van der Waals surface area contributed by atoms with Gasteiger partial charge in [0.2, 0.25) is 5.91 Å². The minimum Gasteiger partial charge on any atom is -0.409 e. The lowest BCUT2D eigenvalue weighted by molar-refractivity contribution is -0.117. The third kappa shape index (κ3) is 4.46. The van der Waals surface area contributed by atoms with Crippen LogP contribution in [0.1, 0.15) is 6.92 Å². The Bertz CT molecular complexity index is 406. The van der Waals surface area contributed by atoms with Crippen molar-refractivity contribution < 1.29 is 18.8 Å². The number of carbonyl (C=O) groups is 1. The molecule has 7 heteroatoms. The lowest BCUT2D eigenvalue weighted by Crippen LogP contribution is -2.19. The van der Waals surface area contributed by atoms with Crippen LogP contribution in [0.2, 0.25) is 0 Å². The molecule has 0 bridgehead atoms. The first kappa shape index (κ1) is 12.2. The summed E-state index contributed by atoms with van der Waals surface area (Å²) in [6.45, 7) is 1.13. The summed E-state index contributed by atoms with van der Waals surface area (Å²) in [5, 5.41) is 1.82. The largest absolute Gasteiger partial charge is 0.486 e. The van der Waals surface area contributed by atoms with Gasteiger partial charge in [0, 0.05) is 11.4 Å².